The molecule has 1 aromatic heterocycles. The van der Waals surface area contributed by atoms with Gasteiger partial charge in [0.15, 0.2) is 5.60 Å². The van der Waals surface area contributed by atoms with E-state index in [1.165, 1.54) is 10.7 Å². The molecule has 0 bridgehead atoms. The van der Waals surface area contributed by atoms with Crippen LogP contribution in [0.15, 0.2) is 39.6 Å². The van der Waals surface area contributed by atoms with Crippen LogP contribution >= 0.6 is 15.9 Å². The Morgan fingerprint density at radius 1 is 1.30 bits per heavy atom. The zero-order chi connectivity index (χ0) is 19.6. The molecule has 0 unspecified atom stereocenters. The number of aryl methyl sites for hydroxylation is 1. The van der Waals surface area contributed by atoms with Crippen molar-refractivity contribution in [1.29, 1.82) is 0 Å². The van der Waals surface area contributed by atoms with E-state index >= 15 is 0 Å². The summed E-state index contributed by atoms with van der Waals surface area (Å²) in [6.45, 7) is 0.271. The second kappa shape index (κ2) is 7.97. The summed E-state index contributed by atoms with van der Waals surface area (Å²) >= 11 is 3.46. The molecule has 0 fully saturated rings. The lowest BCUT2D eigenvalue weighted by Crippen LogP contribution is -2.60. The summed E-state index contributed by atoms with van der Waals surface area (Å²) < 4.78 is 18.9. The van der Waals surface area contributed by atoms with Crippen molar-refractivity contribution >= 4 is 21.7 Å². The van der Waals surface area contributed by atoms with Gasteiger partial charge in [0.2, 0.25) is 0 Å². The van der Waals surface area contributed by atoms with Crippen LogP contribution in [0.3, 0.4) is 0 Å². The largest absolute Gasteiger partial charge is 0.479 e. The predicted molar refractivity (Wildman–Crippen MR) is 103 cm³/mol. The van der Waals surface area contributed by atoms with E-state index in [-0.39, 0.29) is 18.8 Å². The number of nitrogens with zero attached hydrogens (tertiary/aromatic N) is 2. The van der Waals surface area contributed by atoms with Crippen LogP contribution in [-0.2, 0) is 16.5 Å². The summed E-state index contributed by atoms with van der Waals surface area (Å²) in [5.41, 5.74) is -0.553. The van der Waals surface area contributed by atoms with Gasteiger partial charge in [-0.1, -0.05) is 15.9 Å². The number of benzene rings is 1. The molecule has 8 nitrogen and oxygen atoms in total. The summed E-state index contributed by atoms with van der Waals surface area (Å²) in [7, 11) is 4.65. The van der Waals surface area contributed by atoms with E-state index in [0.29, 0.717) is 11.6 Å². The van der Waals surface area contributed by atoms with Crippen molar-refractivity contribution in [3.8, 4) is 5.75 Å². The third kappa shape index (κ3) is 3.86. The van der Waals surface area contributed by atoms with Crippen LogP contribution in [-0.4, -0.2) is 54.0 Å². The van der Waals surface area contributed by atoms with Crippen LogP contribution in [0.1, 0.15) is 11.6 Å². The van der Waals surface area contributed by atoms with Gasteiger partial charge >= 0.3 is 0 Å². The lowest BCUT2D eigenvalue weighted by atomic mass is 9.84. The molecule has 1 aliphatic heterocycles. The summed E-state index contributed by atoms with van der Waals surface area (Å²) in [6, 6.07) is 8.01. The number of hydrogen-bond acceptors (Lipinski definition) is 7. The van der Waals surface area contributed by atoms with Crippen LogP contribution in [0.25, 0.3) is 0 Å². The second-order valence-corrected chi connectivity index (χ2v) is 7.38. The maximum absolute atomic E-state index is 11.6. The number of halogens is 1. The fourth-order valence-corrected chi connectivity index (χ4v) is 3.64. The summed E-state index contributed by atoms with van der Waals surface area (Å²) in [4.78, 5) is 11.6. The first-order valence-electron chi connectivity index (χ1n) is 8.35. The Morgan fingerprint density at radius 3 is 2.63 bits per heavy atom. The fraction of sp³-hybridized carbons (Fsp3) is 0.444. The lowest BCUT2D eigenvalue weighted by Gasteiger charge is -2.45. The minimum absolute atomic E-state index is 0.135. The first-order valence-corrected chi connectivity index (χ1v) is 9.15. The van der Waals surface area contributed by atoms with Gasteiger partial charge in [-0.3, -0.25) is 4.79 Å². The van der Waals surface area contributed by atoms with E-state index in [1.807, 2.05) is 18.2 Å². The molecule has 0 spiro atoms. The molecule has 27 heavy (non-hydrogen) atoms. The van der Waals surface area contributed by atoms with Crippen molar-refractivity contribution in [3.05, 3.63) is 50.7 Å². The van der Waals surface area contributed by atoms with Gasteiger partial charge in [0.25, 0.3) is 5.56 Å². The Balaban J connectivity index is 2.06. The average molecular weight is 440 g/mol. The first kappa shape index (κ1) is 19.8. The van der Waals surface area contributed by atoms with Crippen LogP contribution in [0, 0.1) is 0 Å². The van der Waals surface area contributed by atoms with Crippen molar-refractivity contribution in [2.24, 2.45) is 7.05 Å². The van der Waals surface area contributed by atoms with E-state index in [4.69, 9.17) is 14.2 Å². The molecule has 0 saturated heterocycles. The maximum atomic E-state index is 11.6. The van der Waals surface area contributed by atoms with Gasteiger partial charge < -0.3 is 24.6 Å². The van der Waals surface area contributed by atoms with Gasteiger partial charge in [0, 0.05) is 37.4 Å². The van der Waals surface area contributed by atoms with Gasteiger partial charge in [0.05, 0.1) is 19.3 Å². The predicted octanol–water partition coefficient (Wildman–Crippen LogP) is 1.48. The third-order valence-corrected chi connectivity index (χ3v) is 5.01. The highest BCUT2D eigenvalue weighted by atomic mass is 79.9. The third-order valence-electron chi connectivity index (χ3n) is 4.52. The highest BCUT2D eigenvalue weighted by Crippen LogP contribution is 2.42. The van der Waals surface area contributed by atoms with E-state index in [1.54, 1.807) is 27.3 Å². The molecular formula is C18H22BrN3O5. The second-order valence-electron chi connectivity index (χ2n) is 6.46. The topological polar surface area (TPSA) is 94.8 Å². The minimum atomic E-state index is -1.09. The number of aliphatic hydroxyl groups is 1. The molecular weight excluding hydrogens is 418 g/mol. The number of nitrogens with one attached hydrogen (secondary N) is 1. The molecule has 9 heteroatoms. The van der Waals surface area contributed by atoms with E-state index < -0.39 is 17.7 Å². The molecule has 2 heterocycles. The van der Waals surface area contributed by atoms with Crippen LogP contribution in [0.5, 0.6) is 5.75 Å². The molecule has 3 rings (SSSR count). The van der Waals surface area contributed by atoms with Gasteiger partial charge in [-0.25, -0.2) is 4.68 Å². The SMILES string of the molecule is COCC1(COC)Oc2ccc(Br)cc2[C@@H](Nc2ccc(=O)n(C)n2)[C@@H]1O. The van der Waals surface area contributed by atoms with Gasteiger partial charge in [-0.05, 0) is 24.3 Å². The van der Waals surface area contributed by atoms with Crippen molar-refractivity contribution in [2.75, 3.05) is 32.8 Å². The van der Waals surface area contributed by atoms with E-state index in [2.05, 4.69) is 26.3 Å². The van der Waals surface area contributed by atoms with Crippen molar-refractivity contribution in [2.45, 2.75) is 17.7 Å². The normalized spacial score (nSPS) is 20.6. The van der Waals surface area contributed by atoms with Crippen molar-refractivity contribution < 1.29 is 19.3 Å². The summed E-state index contributed by atoms with van der Waals surface area (Å²) in [5.74, 6) is 1.07. The molecule has 2 aromatic rings. The van der Waals surface area contributed by atoms with Gasteiger partial charge in [-0.2, -0.15) is 5.10 Å². The number of hydrogen-bond donors (Lipinski definition) is 2. The Bertz CT molecular complexity index is 866. The highest BCUT2D eigenvalue weighted by Gasteiger charge is 2.50. The van der Waals surface area contributed by atoms with Crippen molar-refractivity contribution in [1.82, 2.24) is 9.78 Å². The summed E-state index contributed by atoms with van der Waals surface area (Å²) in [5, 5.41) is 18.6. The van der Waals surface area contributed by atoms with E-state index in [0.717, 1.165) is 10.0 Å². The zero-order valence-electron chi connectivity index (χ0n) is 15.3. The summed E-state index contributed by atoms with van der Waals surface area (Å²) in [6.07, 6.45) is -1.00. The Kier molecular flexibility index (Phi) is 5.85. The first-order chi connectivity index (χ1) is 12.9. The number of methoxy groups -OCH3 is 2. The van der Waals surface area contributed by atoms with Crippen LogP contribution in [0.2, 0.25) is 0 Å². The smallest absolute Gasteiger partial charge is 0.266 e. The van der Waals surface area contributed by atoms with Crippen LogP contribution in [0.4, 0.5) is 5.82 Å². The fourth-order valence-electron chi connectivity index (χ4n) is 3.26. The molecule has 146 valence electrons. The highest BCUT2D eigenvalue weighted by molar-refractivity contribution is 9.10. The number of fused-ring (bicyclic) bond motifs is 1. The molecule has 2 atom stereocenters. The monoisotopic (exact) mass is 439 g/mol. The van der Waals surface area contributed by atoms with Gasteiger partial charge in [-0.15, -0.1) is 0 Å². The minimum Gasteiger partial charge on any atom is -0.479 e. The number of aromatic nitrogens is 2. The number of anilines is 1. The Morgan fingerprint density at radius 2 is 2.00 bits per heavy atom. The Labute approximate surface area is 165 Å². The average Bonchev–Trinajstić information content (AvgIpc) is 2.63. The number of ether oxygens (including phenoxy) is 3. The van der Waals surface area contributed by atoms with E-state index in [9.17, 15) is 9.90 Å². The Hall–Kier alpha value is -1.94. The lowest BCUT2D eigenvalue weighted by molar-refractivity contribution is -0.142. The van der Waals surface area contributed by atoms with Crippen molar-refractivity contribution in [3.63, 3.8) is 0 Å². The standard InChI is InChI=1S/C18H22BrN3O5/c1-22-15(23)7-6-14(21-22)20-16-12-8-11(19)4-5-13(12)27-18(9-25-2,10-26-3)17(16)24/h4-8,16-17,24H,9-10H2,1-3H3,(H,20,21)/t16-,17+/m1/s1. The molecule has 0 radical (unpaired) electrons. The quantitative estimate of drug-likeness (QED) is 0.703. The number of aliphatic hydroxyl groups excluding tert-OH is 1. The number of rotatable bonds is 6. The molecule has 1 aromatic carbocycles. The van der Waals surface area contributed by atoms with Crippen LogP contribution < -0.4 is 15.6 Å². The molecule has 0 amide bonds. The van der Waals surface area contributed by atoms with Gasteiger partial charge in [0.1, 0.15) is 17.7 Å². The molecule has 0 aliphatic carbocycles. The molecule has 1 aliphatic rings. The maximum Gasteiger partial charge on any atom is 0.266 e. The molecule has 2 N–H and O–H groups in total. The zero-order valence-corrected chi connectivity index (χ0v) is 16.9. The molecule has 0 saturated carbocycles.